The van der Waals surface area contributed by atoms with E-state index in [-0.39, 0.29) is 41.1 Å². The molecule has 4 N–H and O–H groups in total. The Bertz CT molecular complexity index is 1420. The van der Waals surface area contributed by atoms with E-state index in [1.165, 1.54) is 24.3 Å². The number of anilines is 2. The van der Waals surface area contributed by atoms with Gasteiger partial charge in [-0.1, -0.05) is 11.6 Å². The Morgan fingerprint density at radius 3 is 2.53 bits per heavy atom. The summed E-state index contributed by atoms with van der Waals surface area (Å²) in [5, 5.41) is 5.63. The van der Waals surface area contributed by atoms with E-state index >= 15 is 0 Å². The molecule has 1 unspecified atom stereocenters. The fourth-order valence-electron chi connectivity index (χ4n) is 4.18. The van der Waals surface area contributed by atoms with Gasteiger partial charge in [-0.3, -0.25) is 4.79 Å². The molecular weight excluding hydrogens is 505 g/mol. The first-order valence-electron chi connectivity index (χ1n) is 10.5. The maximum atomic E-state index is 14.1. The largest absolute Gasteiger partial charge is 0.416 e. The van der Waals surface area contributed by atoms with Gasteiger partial charge in [0.2, 0.25) is 0 Å². The maximum Gasteiger partial charge on any atom is 0.416 e. The van der Waals surface area contributed by atoms with Gasteiger partial charge in [0.1, 0.15) is 23.3 Å². The number of allylic oxidation sites excluding steroid dienone is 1. The molecule has 0 saturated heterocycles. The number of fused-ring (bicyclic) bond motifs is 1. The van der Waals surface area contributed by atoms with Crippen molar-refractivity contribution in [2.45, 2.75) is 18.5 Å². The third-order valence-electron chi connectivity index (χ3n) is 5.72. The minimum Gasteiger partial charge on any atom is -0.399 e. The molecular formula is C25H17ClF5N3O2. The molecule has 5 nitrogen and oxygen atoms in total. The van der Waals surface area contributed by atoms with Crippen molar-refractivity contribution in [1.29, 1.82) is 0 Å². The van der Waals surface area contributed by atoms with E-state index in [2.05, 4.69) is 10.6 Å². The van der Waals surface area contributed by atoms with Crippen molar-refractivity contribution in [2.75, 3.05) is 17.6 Å². The van der Waals surface area contributed by atoms with Crippen molar-refractivity contribution >= 4 is 34.8 Å². The normalized spacial score (nSPS) is 15.4. The van der Waals surface area contributed by atoms with Crippen LogP contribution < -0.4 is 16.4 Å². The van der Waals surface area contributed by atoms with Crippen LogP contribution in [-0.4, -0.2) is 18.4 Å². The number of carbonyl (C=O) groups is 1. The summed E-state index contributed by atoms with van der Waals surface area (Å²) < 4.78 is 67.5. The van der Waals surface area contributed by atoms with Crippen LogP contribution >= 0.6 is 11.6 Å². The van der Waals surface area contributed by atoms with Crippen LogP contribution in [0.1, 0.15) is 38.5 Å². The quantitative estimate of drug-likeness (QED) is 0.243. The summed E-state index contributed by atoms with van der Waals surface area (Å²) >= 11 is 6.34. The van der Waals surface area contributed by atoms with Gasteiger partial charge in [-0.15, -0.1) is 0 Å². The molecule has 36 heavy (non-hydrogen) atoms. The van der Waals surface area contributed by atoms with E-state index in [4.69, 9.17) is 17.3 Å². The number of benzene rings is 3. The van der Waals surface area contributed by atoms with Gasteiger partial charge < -0.3 is 16.4 Å². The number of halogens is 6. The summed E-state index contributed by atoms with van der Waals surface area (Å²) in [7, 11) is 0. The number of rotatable bonds is 3. The molecule has 0 aromatic heterocycles. The first-order chi connectivity index (χ1) is 17.0. The molecule has 0 bridgehead atoms. The summed E-state index contributed by atoms with van der Waals surface area (Å²) in [6.07, 6.45) is -4.83. The summed E-state index contributed by atoms with van der Waals surface area (Å²) in [5.41, 5.74) is 5.78. The average molecular weight is 522 g/mol. The van der Waals surface area contributed by atoms with Crippen LogP contribution in [0.25, 0.3) is 0 Å². The van der Waals surface area contributed by atoms with Crippen molar-refractivity contribution in [3.8, 4) is 0 Å². The highest BCUT2D eigenvalue weighted by molar-refractivity contribution is 6.31. The van der Waals surface area contributed by atoms with Crippen LogP contribution in [0.4, 0.5) is 33.3 Å². The number of amides is 1. The number of carbonyl (C=O) groups excluding carboxylic acids is 2. The zero-order chi connectivity index (χ0) is 26.2. The molecule has 186 valence electrons. The van der Waals surface area contributed by atoms with E-state index in [0.29, 0.717) is 28.8 Å². The van der Waals surface area contributed by atoms with Crippen molar-refractivity contribution in [1.82, 2.24) is 5.32 Å². The highest BCUT2D eigenvalue weighted by atomic mass is 35.5. The lowest BCUT2D eigenvalue weighted by Crippen LogP contribution is -2.22. The molecule has 1 atom stereocenters. The molecule has 1 aliphatic heterocycles. The average Bonchev–Trinajstić information content (AvgIpc) is 2.99. The van der Waals surface area contributed by atoms with Crippen LogP contribution in [0, 0.1) is 11.6 Å². The standard InChI is InChI=1S/C25H17ClF5N3O2/c26-21-2-1-15(27)8-19(21)20-10-33-18(11-35)6-12-5-17(32)9-22(23(12)20)34-24(36)13-3-14(25(29,30)31)7-16(28)4-13/h1-5,7-9,20,33H,6,10,32H2,(H,34,36). The van der Waals surface area contributed by atoms with Gasteiger partial charge in [0.25, 0.3) is 5.91 Å². The molecule has 11 heteroatoms. The van der Waals surface area contributed by atoms with Gasteiger partial charge in [0.15, 0.2) is 0 Å². The SMILES string of the molecule is Nc1cc2c(c(NC(=O)c3cc(F)cc(C(F)(F)F)c3)c1)C(c1cc(F)ccc1Cl)CNC(=C=O)C2. The van der Waals surface area contributed by atoms with E-state index in [1.54, 1.807) is 12.0 Å². The molecule has 3 aromatic rings. The van der Waals surface area contributed by atoms with Gasteiger partial charge in [-0.25, -0.2) is 13.6 Å². The number of nitrogen functional groups attached to an aromatic ring is 1. The molecule has 0 radical (unpaired) electrons. The Hall–Kier alpha value is -3.88. The van der Waals surface area contributed by atoms with E-state index in [1.807, 2.05) is 0 Å². The first-order valence-corrected chi connectivity index (χ1v) is 10.9. The van der Waals surface area contributed by atoms with E-state index in [9.17, 15) is 31.5 Å². The van der Waals surface area contributed by atoms with Crippen LogP contribution in [0.5, 0.6) is 0 Å². The first kappa shape index (κ1) is 25.2. The topological polar surface area (TPSA) is 84.2 Å². The smallest absolute Gasteiger partial charge is 0.399 e. The molecule has 0 spiro atoms. The lowest BCUT2D eigenvalue weighted by molar-refractivity contribution is -0.137. The van der Waals surface area contributed by atoms with Crippen molar-refractivity contribution < 1.29 is 31.5 Å². The summed E-state index contributed by atoms with van der Waals surface area (Å²) in [6, 6.07) is 8.14. The van der Waals surface area contributed by atoms with E-state index in [0.717, 1.165) is 0 Å². The highest BCUT2D eigenvalue weighted by Crippen LogP contribution is 2.40. The predicted molar refractivity (Wildman–Crippen MR) is 124 cm³/mol. The molecule has 0 aliphatic carbocycles. The van der Waals surface area contributed by atoms with Crippen LogP contribution in [0.15, 0.2) is 54.2 Å². The number of hydrogen-bond donors (Lipinski definition) is 3. The minimum absolute atomic E-state index is 0.0361. The van der Waals surface area contributed by atoms with Crippen molar-refractivity contribution in [3.63, 3.8) is 0 Å². The van der Waals surface area contributed by atoms with Gasteiger partial charge in [-0.2, -0.15) is 13.2 Å². The molecule has 0 saturated carbocycles. The number of hydrogen-bond acceptors (Lipinski definition) is 4. The van der Waals surface area contributed by atoms with Gasteiger partial charge >= 0.3 is 6.18 Å². The number of alkyl halides is 3. The second-order valence-electron chi connectivity index (χ2n) is 8.18. The van der Waals surface area contributed by atoms with Crippen LogP contribution in [-0.2, 0) is 17.4 Å². The molecule has 4 rings (SSSR count). The number of nitrogens with two attached hydrogens (primary N) is 1. The summed E-state index contributed by atoms with van der Waals surface area (Å²) in [5.74, 6) is -1.76. The third kappa shape index (κ3) is 5.19. The minimum atomic E-state index is -4.87. The molecule has 0 fully saturated rings. The molecule has 1 aliphatic rings. The van der Waals surface area contributed by atoms with Gasteiger partial charge in [0, 0.05) is 40.8 Å². The molecule has 1 heterocycles. The van der Waals surface area contributed by atoms with Gasteiger partial charge in [0.05, 0.1) is 5.56 Å². The third-order valence-corrected chi connectivity index (χ3v) is 6.06. The Morgan fingerprint density at radius 2 is 1.83 bits per heavy atom. The van der Waals surface area contributed by atoms with E-state index < -0.39 is 40.8 Å². The predicted octanol–water partition coefficient (Wildman–Crippen LogP) is 5.46. The Labute approximate surface area is 206 Å². The zero-order valence-electron chi connectivity index (χ0n) is 18.3. The monoisotopic (exact) mass is 521 g/mol. The summed E-state index contributed by atoms with van der Waals surface area (Å²) in [4.78, 5) is 24.4. The summed E-state index contributed by atoms with van der Waals surface area (Å²) in [6.45, 7) is 0.0612. The zero-order valence-corrected chi connectivity index (χ0v) is 19.0. The fourth-order valence-corrected chi connectivity index (χ4v) is 4.43. The molecule has 1 amide bonds. The Morgan fingerprint density at radius 1 is 1.08 bits per heavy atom. The Balaban J connectivity index is 1.85. The molecule has 3 aromatic carbocycles. The van der Waals surface area contributed by atoms with Crippen molar-refractivity contribution in [2.24, 2.45) is 0 Å². The second-order valence-corrected chi connectivity index (χ2v) is 8.59. The highest BCUT2D eigenvalue weighted by Gasteiger charge is 2.33. The van der Waals surface area contributed by atoms with Crippen LogP contribution in [0.3, 0.4) is 0 Å². The fraction of sp³-hybridized carbons (Fsp3) is 0.160. The lowest BCUT2D eigenvalue weighted by atomic mass is 9.86. The Kier molecular flexibility index (Phi) is 6.75. The van der Waals surface area contributed by atoms with Crippen LogP contribution in [0.2, 0.25) is 5.02 Å². The maximum absolute atomic E-state index is 14.1. The number of nitrogens with one attached hydrogen (secondary N) is 2. The second kappa shape index (κ2) is 9.64. The lowest BCUT2D eigenvalue weighted by Gasteiger charge is -2.23. The van der Waals surface area contributed by atoms with Crippen molar-refractivity contribution in [3.05, 3.63) is 98.7 Å². The van der Waals surface area contributed by atoms with Gasteiger partial charge in [-0.05, 0) is 65.2 Å².